The van der Waals surface area contributed by atoms with Crippen LogP contribution in [0.4, 0.5) is 0 Å². The second-order valence-corrected chi connectivity index (χ2v) is 18.3. The second kappa shape index (κ2) is 13.3. The number of benzene rings is 6. The van der Waals surface area contributed by atoms with Gasteiger partial charge in [0.05, 0.1) is 0 Å². The van der Waals surface area contributed by atoms with Crippen LogP contribution in [-0.2, 0) is 11.8 Å². The van der Waals surface area contributed by atoms with Gasteiger partial charge in [0.25, 0.3) is 0 Å². The Kier molecular flexibility index (Phi) is 8.19. The van der Waals surface area contributed by atoms with Crippen LogP contribution in [0, 0.1) is 0 Å². The largest absolute Gasteiger partial charge is 0.468 e. The molecule has 0 aromatic heterocycles. The van der Waals surface area contributed by atoms with Crippen molar-refractivity contribution in [3.8, 4) is 39.1 Å². The zero-order valence-corrected chi connectivity index (χ0v) is 32.3. The maximum absolute atomic E-state index is 7.41. The minimum absolute atomic E-state index is 0.0764. The lowest BCUT2D eigenvalue weighted by Crippen LogP contribution is -2.18. The van der Waals surface area contributed by atoms with Gasteiger partial charge in [0.15, 0.2) is 0 Å². The van der Waals surface area contributed by atoms with E-state index in [4.69, 9.17) is 4.52 Å². The summed E-state index contributed by atoms with van der Waals surface area (Å²) in [4.78, 5) is 0. The number of para-hydroxylation sites is 1. The van der Waals surface area contributed by atoms with E-state index < -0.39 is 8.15 Å². The molecule has 6 aromatic rings. The van der Waals surface area contributed by atoms with Crippen LogP contribution in [0.5, 0.6) is 5.75 Å². The maximum Gasteiger partial charge on any atom is 0.131 e. The van der Waals surface area contributed by atoms with Gasteiger partial charge in [-0.2, -0.15) is 0 Å². The maximum atomic E-state index is 7.41. The average molecular weight is 717 g/mol. The number of rotatable bonds is 3. The molecule has 54 heavy (non-hydrogen) atoms. The van der Waals surface area contributed by atoms with Crippen molar-refractivity contribution in [2.75, 3.05) is 0 Å². The quantitative estimate of drug-likeness (QED) is 0.166. The molecule has 2 heteroatoms. The Hall–Kier alpha value is -5.23. The van der Waals surface area contributed by atoms with Crippen molar-refractivity contribution < 1.29 is 4.52 Å². The van der Waals surface area contributed by atoms with Gasteiger partial charge in [0.2, 0.25) is 0 Å². The number of hydrogen-bond donors (Lipinski definition) is 0. The molecule has 4 aliphatic rings. The first-order valence-corrected chi connectivity index (χ1v) is 21.0. The highest BCUT2D eigenvalue weighted by Gasteiger charge is 2.41. The number of hydrogen-bond acceptors (Lipinski definition) is 1. The van der Waals surface area contributed by atoms with Gasteiger partial charge in [-0.1, -0.05) is 154 Å². The first kappa shape index (κ1) is 33.3. The molecular weight excluding hydrogens is 672 g/mol. The fourth-order valence-corrected chi connectivity index (χ4v) is 11.9. The lowest BCUT2D eigenvalue weighted by Gasteiger charge is -2.41. The van der Waals surface area contributed by atoms with E-state index in [-0.39, 0.29) is 5.41 Å². The van der Waals surface area contributed by atoms with E-state index in [1.165, 1.54) is 88.8 Å². The molecule has 2 aliphatic heterocycles. The second-order valence-electron chi connectivity index (χ2n) is 16.3. The first-order valence-electron chi connectivity index (χ1n) is 19.6. The summed E-state index contributed by atoms with van der Waals surface area (Å²) < 4.78 is 7.41. The number of aryl methyl sites for hydroxylation is 1. The van der Waals surface area contributed by atoms with Crippen molar-refractivity contribution in [3.63, 3.8) is 0 Å². The van der Waals surface area contributed by atoms with E-state index in [0.717, 1.165) is 37.9 Å². The summed E-state index contributed by atoms with van der Waals surface area (Å²) in [6.45, 7) is 7.00. The Labute approximate surface area is 321 Å². The van der Waals surface area contributed by atoms with Gasteiger partial charge in [-0.25, -0.2) is 0 Å². The summed E-state index contributed by atoms with van der Waals surface area (Å²) in [7, 11) is -0.932. The molecular formula is C52H45OP. The van der Waals surface area contributed by atoms with Crippen molar-refractivity contribution >= 4 is 24.9 Å². The third kappa shape index (κ3) is 5.73. The van der Waals surface area contributed by atoms with Crippen molar-refractivity contribution in [1.29, 1.82) is 0 Å². The summed E-state index contributed by atoms with van der Waals surface area (Å²) in [5.41, 5.74) is 20.5. The van der Waals surface area contributed by atoms with E-state index in [0.29, 0.717) is 5.66 Å². The van der Waals surface area contributed by atoms with Crippen LogP contribution in [0.25, 0.3) is 50.1 Å². The molecule has 6 aromatic carbocycles. The Balaban J connectivity index is 1.22. The molecule has 0 fully saturated rings. The van der Waals surface area contributed by atoms with Gasteiger partial charge >= 0.3 is 0 Å². The fourth-order valence-electron chi connectivity index (χ4n) is 9.24. The Morgan fingerprint density at radius 3 is 2.11 bits per heavy atom. The predicted molar refractivity (Wildman–Crippen MR) is 230 cm³/mol. The molecule has 2 aliphatic carbocycles. The normalized spacial score (nSPS) is 20.5. The zero-order chi connectivity index (χ0) is 36.4. The molecule has 0 N–H and O–H groups in total. The van der Waals surface area contributed by atoms with Crippen LogP contribution in [-0.4, -0.2) is 0 Å². The molecule has 0 radical (unpaired) electrons. The van der Waals surface area contributed by atoms with E-state index in [2.05, 4.69) is 172 Å². The third-order valence-electron chi connectivity index (χ3n) is 12.0. The molecule has 0 saturated carbocycles. The van der Waals surface area contributed by atoms with Crippen LogP contribution in [0.1, 0.15) is 85.5 Å². The highest BCUT2D eigenvalue weighted by molar-refractivity contribution is 7.58. The SMILES string of the molecule is CC(C)(C)c1ccc2c(c1)-c1cccc3c1C(CCC2)P1Oc2ccccc2/C2=C/C(c4ccccc4-c4cccc(-c5ccccc5)c4)=C\C3=C1CC2. The molecule has 2 heterocycles. The molecule has 1 nitrogen and oxygen atoms in total. The standard InChI is InChI=1S/C52H45OP/c1-52(2,3)40-28-26-35-16-12-25-50-51-44(46(35)33-40)22-13-23-45(51)47-32-39(31-38-27-29-49(47)54(50)53-48-24-10-9-21-43(38)48)42-20-8-7-19-41(42)37-18-11-17-36(30-37)34-14-5-4-6-15-34/h4-11,13-15,17-24,26,28,30-33,50H,12,16,25,27,29H2,1-3H3/b38-31+,39-32+. The smallest absolute Gasteiger partial charge is 0.131 e. The Morgan fingerprint density at radius 1 is 0.556 bits per heavy atom. The molecule has 0 spiro atoms. The van der Waals surface area contributed by atoms with Gasteiger partial charge in [-0.15, -0.1) is 0 Å². The third-order valence-corrected chi connectivity index (χ3v) is 14.5. The van der Waals surface area contributed by atoms with Gasteiger partial charge in [0, 0.05) is 16.5 Å². The Bertz CT molecular complexity index is 2540. The monoisotopic (exact) mass is 716 g/mol. The van der Waals surface area contributed by atoms with E-state index in [1.807, 2.05) is 0 Å². The fraction of sp³-hybridized carbons (Fsp3) is 0.192. The lowest BCUT2D eigenvalue weighted by atomic mass is 9.79. The minimum Gasteiger partial charge on any atom is -0.468 e. The molecule has 0 saturated heterocycles. The number of allylic oxidation sites excluding steroid dienone is 6. The predicted octanol–water partition coefficient (Wildman–Crippen LogP) is 14.8. The van der Waals surface area contributed by atoms with Crippen LogP contribution in [0.2, 0.25) is 0 Å². The summed E-state index contributed by atoms with van der Waals surface area (Å²) in [6.07, 6.45) is 10.4. The highest BCUT2D eigenvalue weighted by atomic mass is 31.1. The van der Waals surface area contributed by atoms with Crippen LogP contribution >= 0.6 is 8.15 Å². The molecule has 2 unspecified atom stereocenters. The summed E-state index contributed by atoms with van der Waals surface area (Å²) in [5.74, 6) is 1.04. The van der Waals surface area contributed by atoms with Gasteiger partial charge in [0.1, 0.15) is 13.9 Å². The number of fused-ring (bicyclic) bond motifs is 8. The molecule has 264 valence electrons. The van der Waals surface area contributed by atoms with Crippen molar-refractivity contribution in [2.24, 2.45) is 0 Å². The topological polar surface area (TPSA) is 9.23 Å². The van der Waals surface area contributed by atoms with Crippen LogP contribution in [0.3, 0.4) is 0 Å². The summed E-state index contributed by atoms with van der Waals surface area (Å²) >= 11 is 0. The van der Waals surface area contributed by atoms with Crippen LogP contribution in [0.15, 0.2) is 157 Å². The van der Waals surface area contributed by atoms with Crippen LogP contribution < -0.4 is 4.52 Å². The molecule has 10 rings (SSSR count). The highest BCUT2D eigenvalue weighted by Crippen LogP contribution is 2.70. The summed E-state index contributed by atoms with van der Waals surface area (Å²) in [5, 5.41) is 1.52. The van der Waals surface area contributed by atoms with Crippen molar-refractivity contribution in [3.05, 3.63) is 190 Å². The lowest BCUT2D eigenvalue weighted by molar-refractivity contribution is 0.578. The first-order chi connectivity index (χ1) is 26.4. The van der Waals surface area contributed by atoms with Crippen molar-refractivity contribution in [1.82, 2.24) is 0 Å². The minimum atomic E-state index is -0.932. The van der Waals surface area contributed by atoms with Gasteiger partial charge in [-0.3, -0.25) is 0 Å². The summed E-state index contributed by atoms with van der Waals surface area (Å²) in [6, 6.07) is 52.1. The molecule has 0 amide bonds. The van der Waals surface area contributed by atoms with E-state index in [9.17, 15) is 0 Å². The Morgan fingerprint density at radius 2 is 1.26 bits per heavy atom. The van der Waals surface area contributed by atoms with Crippen molar-refractivity contribution in [2.45, 2.75) is 63.9 Å². The average Bonchev–Trinajstić information content (AvgIpc) is 3.18. The molecule has 2 bridgehead atoms. The van der Waals surface area contributed by atoms with E-state index >= 15 is 0 Å². The molecule has 2 atom stereocenters. The van der Waals surface area contributed by atoms with Gasteiger partial charge in [-0.05, 0) is 134 Å². The zero-order valence-electron chi connectivity index (χ0n) is 31.4. The van der Waals surface area contributed by atoms with Gasteiger partial charge < -0.3 is 4.52 Å². The van der Waals surface area contributed by atoms with E-state index in [1.54, 1.807) is 0 Å².